The molecule has 4 atom stereocenters. The van der Waals surface area contributed by atoms with Crippen LogP contribution in [0.4, 0.5) is 0 Å². The Bertz CT molecular complexity index is 170. The maximum atomic E-state index is 9.27. The number of hydrogen-bond donors (Lipinski definition) is 1. The van der Waals surface area contributed by atoms with Crippen molar-refractivity contribution in [3.05, 3.63) is 0 Å². The van der Waals surface area contributed by atoms with E-state index in [0.29, 0.717) is 6.04 Å². The average molecular weight is 199 g/mol. The highest BCUT2D eigenvalue weighted by molar-refractivity contribution is 4.81. The largest absolute Gasteiger partial charge is 0.393 e. The highest BCUT2D eigenvalue weighted by Gasteiger charge is 2.28. The van der Waals surface area contributed by atoms with Gasteiger partial charge < -0.3 is 10.0 Å². The van der Waals surface area contributed by atoms with E-state index >= 15 is 0 Å². The summed E-state index contributed by atoms with van der Waals surface area (Å²) in [6, 6.07) is 0.685. The summed E-state index contributed by atoms with van der Waals surface area (Å²) in [5, 5.41) is 9.27. The molecule has 0 saturated carbocycles. The molecule has 1 aliphatic rings. The molecule has 0 aromatic rings. The lowest BCUT2D eigenvalue weighted by Gasteiger charge is -2.41. The van der Waals surface area contributed by atoms with Gasteiger partial charge in [-0.05, 0) is 38.5 Å². The van der Waals surface area contributed by atoms with Crippen LogP contribution in [-0.2, 0) is 0 Å². The van der Waals surface area contributed by atoms with E-state index in [9.17, 15) is 5.11 Å². The van der Waals surface area contributed by atoms with Gasteiger partial charge in [-0.2, -0.15) is 0 Å². The Kier molecular flexibility index (Phi) is 4.39. The maximum Gasteiger partial charge on any atom is 0.0524 e. The molecule has 1 saturated heterocycles. The Morgan fingerprint density at radius 2 is 2.00 bits per heavy atom. The van der Waals surface area contributed by atoms with Crippen LogP contribution in [0.15, 0.2) is 0 Å². The lowest BCUT2D eigenvalue weighted by atomic mass is 9.86. The standard InChI is InChI=1S/C12H25NO/c1-9-7-10(2)12(4)13(8-9)6-5-11(3)14/h9-12,14H,5-8H2,1-4H3. The average Bonchev–Trinajstić information content (AvgIpc) is 2.08. The number of rotatable bonds is 3. The monoisotopic (exact) mass is 199 g/mol. The van der Waals surface area contributed by atoms with Gasteiger partial charge in [0.2, 0.25) is 0 Å². The van der Waals surface area contributed by atoms with Crippen molar-refractivity contribution in [1.29, 1.82) is 0 Å². The summed E-state index contributed by atoms with van der Waals surface area (Å²) in [7, 11) is 0. The molecule has 4 unspecified atom stereocenters. The molecule has 0 bridgehead atoms. The highest BCUT2D eigenvalue weighted by atomic mass is 16.3. The molecule has 0 radical (unpaired) electrons. The molecule has 1 aliphatic heterocycles. The van der Waals surface area contributed by atoms with Crippen molar-refractivity contribution < 1.29 is 5.11 Å². The van der Waals surface area contributed by atoms with Gasteiger partial charge in [0.1, 0.15) is 0 Å². The van der Waals surface area contributed by atoms with Gasteiger partial charge >= 0.3 is 0 Å². The summed E-state index contributed by atoms with van der Waals surface area (Å²) >= 11 is 0. The van der Waals surface area contributed by atoms with E-state index in [2.05, 4.69) is 25.7 Å². The molecule has 1 heterocycles. The molecular weight excluding hydrogens is 174 g/mol. The molecule has 2 heteroatoms. The van der Waals surface area contributed by atoms with E-state index in [1.54, 1.807) is 0 Å². The van der Waals surface area contributed by atoms with E-state index in [1.807, 2.05) is 6.92 Å². The molecular formula is C12H25NO. The molecule has 1 N–H and O–H groups in total. The third-order valence-electron chi connectivity index (χ3n) is 3.55. The first-order valence-corrected chi connectivity index (χ1v) is 5.92. The van der Waals surface area contributed by atoms with Crippen LogP contribution in [0.5, 0.6) is 0 Å². The van der Waals surface area contributed by atoms with Crippen LogP contribution in [0.1, 0.15) is 40.5 Å². The second-order valence-corrected chi connectivity index (χ2v) is 5.19. The fraction of sp³-hybridized carbons (Fsp3) is 1.00. The SMILES string of the molecule is CC(O)CCN1CC(C)CC(C)C1C. The predicted octanol–water partition coefficient (Wildman–Crippen LogP) is 2.12. The van der Waals surface area contributed by atoms with E-state index in [-0.39, 0.29) is 6.10 Å². The van der Waals surface area contributed by atoms with Crippen LogP contribution >= 0.6 is 0 Å². The van der Waals surface area contributed by atoms with Crippen molar-refractivity contribution in [3.8, 4) is 0 Å². The van der Waals surface area contributed by atoms with Crippen LogP contribution in [0, 0.1) is 11.8 Å². The van der Waals surface area contributed by atoms with Gasteiger partial charge in [0.25, 0.3) is 0 Å². The van der Waals surface area contributed by atoms with Crippen molar-refractivity contribution in [2.45, 2.75) is 52.7 Å². The first-order chi connectivity index (χ1) is 6.50. The van der Waals surface area contributed by atoms with Crippen molar-refractivity contribution in [2.24, 2.45) is 11.8 Å². The van der Waals surface area contributed by atoms with Crippen molar-refractivity contribution in [3.63, 3.8) is 0 Å². The number of likely N-dealkylation sites (tertiary alicyclic amines) is 1. The Labute approximate surface area is 88.3 Å². The zero-order valence-corrected chi connectivity index (χ0v) is 10.0. The summed E-state index contributed by atoms with van der Waals surface area (Å²) in [5.74, 6) is 1.61. The summed E-state index contributed by atoms with van der Waals surface area (Å²) in [5.41, 5.74) is 0. The Hall–Kier alpha value is -0.0800. The third kappa shape index (κ3) is 3.25. The maximum absolute atomic E-state index is 9.27. The van der Waals surface area contributed by atoms with E-state index in [1.165, 1.54) is 13.0 Å². The minimum absolute atomic E-state index is 0.158. The summed E-state index contributed by atoms with van der Waals surface area (Å²) < 4.78 is 0. The first kappa shape index (κ1) is 12.0. The molecule has 0 amide bonds. The number of aliphatic hydroxyl groups excluding tert-OH is 1. The molecule has 2 nitrogen and oxygen atoms in total. The van der Waals surface area contributed by atoms with Gasteiger partial charge in [0.15, 0.2) is 0 Å². The van der Waals surface area contributed by atoms with E-state index < -0.39 is 0 Å². The van der Waals surface area contributed by atoms with Gasteiger partial charge in [0, 0.05) is 19.1 Å². The Morgan fingerprint density at radius 3 is 2.57 bits per heavy atom. The summed E-state index contributed by atoms with van der Waals surface area (Å²) in [6.07, 6.45) is 2.10. The van der Waals surface area contributed by atoms with Crippen LogP contribution in [-0.4, -0.2) is 35.2 Å². The van der Waals surface area contributed by atoms with E-state index in [4.69, 9.17) is 0 Å². The number of aliphatic hydroxyl groups is 1. The highest BCUT2D eigenvalue weighted by Crippen LogP contribution is 2.26. The number of piperidine rings is 1. The number of nitrogens with zero attached hydrogens (tertiary/aromatic N) is 1. The van der Waals surface area contributed by atoms with Gasteiger partial charge in [-0.25, -0.2) is 0 Å². The van der Waals surface area contributed by atoms with Gasteiger partial charge in [-0.3, -0.25) is 0 Å². The predicted molar refractivity (Wildman–Crippen MR) is 60.3 cm³/mol. The minimum atomic E-state index is -0.158. The molecule has 1 rings (SSSR count). The fourth-order valence-corrected chi connectivity index (χ4v) is 2.48. The zero-order chi connectivity index (χ0) is 10.7. The van der Waals surface area contributed by atoms with Crippen LogP contribution < -0.4 is 0 Å². The smallest absolute Gasteiger partial charge is 0.0524 e. The van der Waals surface area contributed by atoms with Crippen molar-refractivity contribution in [2.75, 3.05) is 13.1 Å². The molecule has 0 spiro atoms. The van der Waals surface area contributed by atoms with E-state index in [0.717, 1.165) is 24.8 Å². The van der Waals surface area contributed by atoms with Crippen LogP contribution in [0.25, 0.3) is 0 Å². The molecule has 0 aromatic heterocycles. The van der Waals surface area contributed by atoms with Gasteiger partial charge in [-0.1, -0.05) is 13.8 Å². The van der Waals surface area contributed by atoms with Crippen LogP contribution in [0.3, 0.4) is 0 Å². The molecule has 1 fully saturated rings. The number of hydrogen-bond acceptors (Lipinski definition) is 2. The normalized spacial score (nSPS) is 37.1. The second-order valence-electron chi connectivity index (χ2n) is 5.19. The third-order valence-corrected chi connectivity index (χ3v) is 3.55. The quantitative estimate of drug-likeness (QED) is 0.752. The van der Waals surface area contributed by atoms with Crippen molar-refractivity contribution in [1.82, 2.24) is 4.90 Å². The Balaban J connectivity index is 2.41. The zero-order valence-electron chi connectivity index (χ0n) is 10.0. The topological polar surface area (TPSA) is 23.5 Å². The minimum Gasteiger partial charge on any atom is -0.393 e. The fourth-order valence-electron chi connectivity index (χ4n) is 2.48. The second kappa shape index (κ2) is 5.13. The first-order valence-electron chi connectivity index (χ1n) is 5.92. The summed E-state index contributed by atoms with van der Waals surface area (Å²) in [6.45, 7) is 11.1. The molecule has 0 aromatic carbocycles. The lowest BCUT2D eigenvalue weighted by Crippen LogP contribution is -2.46. The van der Waals surface area contributed by atoms with Gasteiger partial charge in [-0.15, -0.1) is 0 Å². The molecule has 84 valence electrons. The molecule has 0 aliphatic carbocycles. The Morgan fingerprint density at radius 1 is 1.36 bits per heavy atom. The molecule has 14 heavy (non-hydrogen) atoms. The van der Waals surface area contributed by atoms with Crippen LogP contribution in [0.2, 0.25) is 0 Å². The van der Waals surface area contributed by atoms with Crippen molar-refractivity contribution >= 4 is 0 Å². The lowest BCUT2D eigenvalue weighted by molar-refractivity contribution is 0.0632. The van der Waals surface area contributed by atoms with Gasteiger partial charge in [0.05, 0.1) is 6.10 Å². The summed E-state index contributed by atoms with van der Waals surface area (Å²) in [4.78, 5) is 2.53.